The maximum Gasteiger partial charge on any atom is 0.333 e. The van der Waals surface area contributed by atoms with Crippen molar-refractivity contribution >= 4 is 18.1 Å². The second kappa shape index (κ2) is 13.0. The van der Waals surface area contributed by atoms with Gasteiger partial charge in [-0.05, 0) is 58.0 Å². The second-order valence-corrected chi connectivity index (χ2v) is 10.5. The monoisotopic (exact) mass is 548 g/mol. The number of carbonyl (C=O) groups is 1. The molecule has 0 aromatic heterocycles. The molecule has 0 aliphatic heterocycles. The second-order valence-electron chi connectivity index (χ2n) is 10.5. The van der Waals surface area contributed by atoms with Crippen molar-refractivity contribution in [1.29, 1.82) is 0 Å². The standard InChI is InChI=1S/C36H36O5/c1-24-9-12-28-13-14-30-23-29(25(2)27-7-5-4-6-8-27)15-18-32(30)35(33(28)21-24)41-20-19-40-31-16-10-26(11-17-31)22-34(39-3)36(37)38/h4-18,21,23,25,34-35H,19-20,22H2,1-3H3,(H,37,38). The van der Waals surface area contributed by atoms with Crippen LogP contribution in [0.4, 0.5) is 0 Å². The lowest BCUT2D eigenvalue weighted by molar-refractivity contribution is -0.148. The van der Waals surface area contributed by atoms with E-state index >= 15 is 0 Å². The molecule has 0 saturated carbocycles. The van der Waals surface area contributed by atoms with E-state index in [0.717, 1.165) is 27.8 Å². The van der Waals surface area contributed by atoms with Gasteiger partial charge < -0.3 is 19.3 Å². The van der Waals surface area contributed by atoms with Crippen molar-refractivity contribution in [3.63, 3.8) is 0 Å². The van der Waals surface area contributed by atoms with Gasteiger partial charge in [0.15, 0.2) is 6.10 Å². The highest BCUT2D eigenvalue weighted by Crippen LogP contribution is 2.38. The Balaban J connectivity index is 1.30. The number of benzene rings is 4. The van der Waals surface area contributed by atoms with Gasteiger partial charge in [-0.3, -0.25) is 0 Å². The molecule has 0 radical (unpaired) electrons. The molecule has 0 fully saturated rings. The Hall–Kier alpha value is -4.19. The van der Waals surface area contributed by atoms with Crippen LogP contribution in [0.15, 0.2) is 91.0 Å². The summed E-state index contributed by atoms with van der Waals surface area (Å²) in [5.74, 6) is 0.0192. The highest BCUT2D eigenvalue weighted by atomic mass is 16.5. The van der Waals surface area contributed by atoms with Gasteiger partial charge in [0.1, 0.15) is 18.5 Å². The van der Waals surface area contributed by atoms with Crippen LogP contribution in [0.3, 0.4) is 0 Å². The van der Waals surface area contributed by atoms with E-state index in [9.17, 15) is 9.90 Å². The molecule has 210 valence electrons. The van der Waals surface area contributed by atoms with Crippen LogP contribution in [0.1, 0.15) is 63.5 Å². The number of ether oxygens (including phenoxy) is 3. The molecule has 0 saturated heterocycles. The van der Waals surface area contributed by atoms with Crippen molar-refractivity contribution in [2.24, 2.45) is 0 Å². The number of carboxylic acid groups (broad SMARTS) is 1. The zero-order valence-corrected chi connectivity index (χ0v) is 23.7. The van der Waals surface area contributed by atoms with E-state index in [-0.39, 0.29) is 12.0 Å². The normalized spacial score (nSPS) is 15.3. The predicted molar refractivity (Wildman–Crippen MR) is 162 cm³/mol. The van der Waals surface area contributed by atoms with Gasteiger partial charge >= 0.3 is 5.97 Å². The first-order chi connectivity index (χ1) is 19.9. The van der Waals surface area contributed by atoms with E-state index in [1.54, 1.807) is 0 Å². The highest BCUT2D eigenvalue weighted by molar-refractivity contribution is 5.77. The fourth-order valence-electron chi connectivity index (χ4n) is 5.31. The fourth-order valence-corrected chi connectivity index (χ4v) is 5.31. The summed E-state index contributed by atoms with van der Waals surface area (Å²) >= 11 is 0. The Morgan fingerprint density at radius 1 is 0.829 bits per heavy atom. The first-order valence-corrected chi connectivity index (χ1v) is 14.0. The zero-order valence-electron chi connectivity index (χ0n) is 23.7. The Labute approximate surface area is 242 Å². The molecule has 3 atom stereocenters. The largest absolute Gasteiger partial charge is 0.491 e. The molecular formula is C36H36O5. The van der Waals surface area contributed by atoms with Crippen molar-refractivity contribution < 1.29 is 24.1 Å². The molecule has 0 amide bonds. The SMILES string of the molecule is COC(Cc1ccc(OCCOC2c3ccc(C(C)c4ccccc4)cc3C=Cc3ccc(C)cc32)cc1)C(=O)O. The summed E-state index contributed by atoms with van der Waals surface area (Å²) in [6.07, 6.45) is 3.60. The van der Waals surface area contributed by atoms with Gasteiger partial charge in [-0.15, -0.1) is 0 Å². The van der Waals surface area contributed by atoms with Crippen LogP contribution in [0.2, 0.25) is 0 Å². The average molecular weight is 549 g/mol. The van der Waals surface area contributed by atoms with E-state index in [4.69, 9.17) is 14.2 Å². The Morgan fingerprint density at radius 2 is 1.59 bits per heavy atom. The quantitative estimate of drug-likeness (QED) is 0.197. The van der Waals surface area contributed by atoms with Crippen LogP contribution < -0.4 is 4.74 Å². The van der Waals surface area contributed by atoms with Gasteiger partial charge in [-0.25, -0.2) is 4.79 Å². The Kier molecular flexibility index (Phi) is 8.98. The maximum atomic E-state index is 11.2. The van der Waals surface area contributed by atoms with Crippen LogP contribution in [0, 0.1) is 6.92 Å². The number of fused-ring (bicyclic) bond motifs is 2. The molecule has 1 N–H and O–H groups in total. The first kappa shape index (κ1) is 28.3. The van der Waals surface area contributed by atoms with Crippen LogP contribution in [0.25, 0.3) is 12.2 Å². The van der Waals surface area contributed by atoms with Gasteiger partial charge in [0.05, 0.1) is 6.61 Å². The third-order valence-corrected chi connectivity index (χ3v) is 7.70. The molecule has 0 bridgehead atoms. The van der Waals surface area contributed by atoms with E-state index in [2.05, 4.69) is 92.7 Å². The van der Waals surface area contributed by atoms with E-state index in [1.165, 1.54) is 23.8 Å². The third-order valence-electron chi connectivity index (χ3n) is 7.70. The first-order valence-electron chi connectivity index (χ1n) is 14.0. The average Bonchev–Trinajstić information content (AvgIpc) is 3.14. The highest BCUT2D eigenvalue weighted by Gasteiger charge is 2.24. The molecular weight excluding hydrogens is 512 g/mol. The summed E-state index contributed by atoms with van der Waals surface area (Å²) in [5.41, 5.74) is 9.24. The lowest BCUT2D eigenvalue weighted by Gasteiger charge is -2.23. The summed E-state index contributed by atoms with van der Waals surface area (Å²) in [4.78, 5) is 11.2. The van der Waals surface area contributed by atoms with Crippen molar-refractivity contribution in [3.8, 4) is 5.75 Å². The molecule has 5 nitrogen and oxygen atoms in total. The van der Waals surface area contributed by atoms with Crippen LogP contribution >= 0.6 is 0 Å². The van der Waals surface area contributed by atoms with Crippen LogP contribution in [-0.2, 0) is 20.7 Å². The Bertz CT molecular complexity index is 1510. The molecule has 0 heterocycles. The van der Waals surface area contributed by atoms with Crippen LogP contribution in [0.5, 0.6) is 5.75 Å². The molecule has 4 aromatic rings. The van der Waals surface area contributed by atoms with Gasteiger partial charge in [0.25, 0.3) is 0 Å². The lowest BCUT2D eigenvalue weighted by atomic mass is 9.89. The minimum Gasteiger partial charge on any atom is -0.491 e. The molecule has 5 heteroatoms. The van der Waals surface area contributed by atoms with Gasteiger partial charge in [-0.1, -0.05) is 104 Å². The number of rotatable bonds is 11. The van der Waals surface area contributed by atoms with Crippen molar-refractivity contribution in [3.05, 3.63) is 136 Å². The maximum absolute atomic E-state index is 11.2. The number of carboxylic acids is 1. The van der Waals surface area contributed by atoms with Crippen molar-refractivity contribution in [2.45, 2.75) is 38.4 Å². The van der Waals surface area contributed by atoms with Gasteiger partial charge in [-0.2, -0.15) is 0 Å². The minimum atomic E-state index is -0.973. The number of aliphatic carboxylic acids is 1. The Morgan fingerprint density at radius 3 is 2.32 bits per heavy atom. The zero-order chi connectivity index (χ0) is 28.8. The summed E-state index contributed by atoms with van der Waals surface area (Å²) in [6.45, 7) is 5.15. The van der Waals surface area contributed by atoms with Crippen LogP contribution in [-0.4, -0.2) is 37.5 Å². The summed E-state index contributed by atoms with van der Waals surface area (Å²) < 4.78 is 17.6. The molecule has 3 unspecified atom stereocenters. The summed E-state index contributed by atoms with van der Waals surface area (Å²) in [6, 6.07) is 31.2. The third kappa shape index (κ3) is 6.76. The van der Waals surface area contributed by atoms with E-state index < -0.39 is 12.1 Å². The lowest BCUT2D eigenvalue weighted by Crippen LogP contribution is -2.24. The van der Waals surface area contributed by atoms with Gasteiger partial charge in [0, 0.05) is 19.4 Å². The summed E-state index contributed by atoms with van der Waals surface area (Å²) in [7, 11) is 1.41. The minimum absolute atomic E-state index is 0.219. The molecule has 4 aromatic carbocycles. The summed E-state index contributed by atoms with van der Waals surface area (Å²) in [5, 5.41) is 9.21. The molecule has 0 spiro atoms. The predicted octanol–water partition coefficient (Wildman–Crippen LogP) is 7.46. The van der Waals surface area contributed by atoms with E-state index in [0.29, 0.717) is 25.4 Å². The number of hydrogen-bond acceptors (Lipinski definition) is 4. The number of methoxy groups -OCH3 is 1. The van der Waals surface area contributed by atoms with Crippen molar-refractivity contribution in [1.82, 2.24) is 0 Å². The molecule has 41 heavy (non-hydrogen) atoms. The topological polar surface area (TPSA) is 65.0 Å². The fraction of sp³-hybridized carbons (Fsp3) is 0.250. The van der Waals surface area contributed by atoms with Gasteiger partial charge in [0.2, 0.25) is 0 Å². The number of aryl methyl sites for hydroxylation is 1. The van der Waals surface area contributed by atoms with Crippen molar-refractivity contribution in [2.75, 3.05) is 20.3 Å². The van der Waals surface area contributed by atoms with E-state index in [1.807, 2.05) is 24.3 Å². The smallest absolute Gasteiger partial charge is 0.333 e. The molecule has 1 aliphatic carbocycles. The number of hydrogen-bond donors (Lipinski definition) is 1. The molecule has 1 aliphatic rings. The molecule has 5 rings (SSSR count).